The molecule has 1 nitrogen and oxygen atoms in total. The third-order valence-corrected chi connectivity index (χ3v) is 15.0. The second-order valence-corrected chi connectivity index (χ2v) is 18.6. The van der Waals surface area contributed by atoms with Crippen molar-refractivity contribution in [2.75, 3.05) is 4.90 Å². The Balaban J connectivity index is 1.24. The van der Waals surface area contributed by atoms with Crippen LogP contribution < -0.4 is 4.90 Å². The van der Waals surface area contributed by atoms with Gasteiger partial charge in [-0.05, 0) is 85.5 Å². The lowest BCUT2D eigenvalue weighted by Crippen LogP contribution is -2.31. The zero-order valence-corrected chi connectivity index (χ0v) is 36.7. The molecular weight excluding hydrogens is 791 g/mol. The third-order valence-electron chi connectivity index (χ3n) is 13.8. The van der Waals surface area contributed by atoms with Crippen molar-refractivity contribution >= 4 is 28.4 Å². The fourth-order valence-corrected chi connectivity index (χ4v) is 12.4. The van der Waals surface area contributed by atoms with E-state index in [-0.39, 0.29) is 5.41 Å². The molecule has 0 aliphatic heterocycles. The van der Waals surface area contributed by atoms with Crippen LogP contribution in [0.5, 0.6) is 0 Å². The van der Waals surface area contributed by atoms with E-state index in [1.807, 2.05) is 11.3 Å². The largest absolute Gasteiger partial charge is 0.310 e. The van der Waals surface area contributed by atoms with Crippen molar-refractivity contribution in [3.8, 4) is 54.3 Å². The summed E-state index contributed by atoms with van der Waals surface area (Å²) in [7, 11) is 0. The van der Waals surface area contributed by atoms with Gasteiger partial charge in [-0.2, -0.15) is 0 Å². The summed E-state index contributed by atoms with van der Waals surface area (Å²) >= 11 is 1.92. The van der Waals surface area contributed by atoms with Gasteiger partial charge < -0.3 is 4.90 Å². The van der Waals surface area contributed by atoms with E-state index in [2.05, 4.69) is 255 Å². The van der Waals surface area contributed by atoms with Gasteiger partial charge in [0.2, 0.25) is 0 Å². The van der Waals surface area contributed by atoms with E-state index >= 15 is 0 Å². The molecule has 2 heteroatoms. The summed E-state index contributed by atoms with van der Waals surface area (Å²) in [6.45, 7) is 4.77. The molecule has 0 unspecified atom stereocenters. The van der Waals surface area contributed by atoms with Crippen LogP contribution in [0.4, 0.5) is 17.1 Å². The summed E-state index contributed by atoms with van der Waals surface area (Å²) < 4.78 is 0. The lowest BCUT2D eigenvalue weighted by Gasteiger charge is -2.39. The first kappa shape index (κ1) is 38.2. The molecule has 1 aromatic heterocycles. The van der Waals surface area contributed by atoms with Gasteiger partial charge in [-0.1, -0.05) is 226 Å². The topological polar surface area (TPSA) is 3.24 Å². The number of rotatable bonds is 8. The van der Waals surface area contributed by atoms with Crippen molar-refractivity contribution in [3.63, 3.8) is 0 Å². The lowest BCUT2D eigenvalue weighted by atomic mass is 9.66. The predicted molar refractivity (Wildman–Crippen MR) is 270 cm³/mol. The van der Waals surface area contributed by atoms with Crippen molar-refractivity contribution in [2.24, 2.45) is 0 Å². The Labute approximate surface area is 380 Å². The van der Waals surface area contributed by atoms with Crippen molar-refractivity contribution in [1.29, 1.82) is 0 Å². The SMILES string of the molecule is CC1(C)c2ccccc2-c2ccc(N(c3ccccc3-c3ccccc3)c3cccc4c3C(c3ccccc3)(c3ccccc3)c3c(-c5ccccc5)sc(-c5ccccc5)c3-4)cc21. The van der Waals surface area contributed by atoms with Gasteiger partial charge in [0.15, 0.2) is 0 Å². The molecule has 0 N–H and O–H groups in total. The smallest absolute Gasteiger partial charge is 0.0748 e. The van der Waals surface area contributed by atoms with Crippen LogP contribution in [-0.2, 0) is 10.8 Å². The summed E-state index contributed by atoms with van der Waals surface area (Å²) in [5.74, 6) is 0. The average molecular weight is 836 g/mol. The number of para-hydroxylation sites is 1. The van der Waals surface area contributed by atoms with Crippen LogP contribution in [0.1, 0.15) is 47.2 Å². The first-order valence-electron chi connectivity index (χ1n) is 22.3. The number of fused-ring (bicyclic) bond motifs is 6. The number of thiophene rings is 1. The number of anilines is 3. The van der Waals surface area contributed by atoms with Crippen LogP contribution in [0, 0.1) is 0 Å². The Kier molecular flexibility index (Phi) is 9.00. The molecule has 304 valence electrons. The molecule has 0 bridgehead atoms. The summed E-state index contributed by atoms with van der Waals surface area (Å²) in [5.41, 5.74) is 20.4. The maximum Gasteiger partial charge on any atom is 0.0748 e. The number of hydrogen-bond acceptors (Lipinski definition) is 2. The van der Waals surface area contributed by atoms with Gasteiger partial charge in [-0.25, -0.2) is 0 Å². The molecule has 0 atom stereocenters. The minimum absolute atomic E-state index is 0.179. The van der Waals surface area contributed by atoms with Crippen LogP contribution in [0.2, 0.25) is 0 Å². The second-order valence-electron chi connectivity index (χ2n) is 17.5. The average Bonchev–Trinajstić information content (AvgIpc) is 3.98. The minimum Gasteiger partial charge on any atom is -0.310 e. The van der Waals surface area contributed by atoms with Crippen molar-refractivity contribution in [2.45, 2.75) is 24.7 Å². The normalized spacial score (nSPS) is 13.7. The Morgan fingerprint density at radius 3 is 1.48 bits per heavy atom. The van der Waals surface area contributed by atoms with Crippen LogP contribution in [0.15, 0.2) is 237 Å². The first-order chi connectivity index (χ1) is 31.5. The van der Waals surface area contributed by atoms with Gasteiger partial charge in [-0.15, -0.1) is 11.3 Å². The zero-order chi connectivity index (χ0) is 42.8. The lowest BCUT2D eigenvalue weighted by molar-refractivity contribution is 0.660. The number of benzene rings is 9. The van der Waals surface area contributed by atoms with E-state index in [1.165, 1.54) is 87.6 Å². The molecule has 12 rings (SSSR count). The number of hydrogen-bond donors (Lipinski definition) is 0. The summed E-state index contributed by atoms with van der Waals surface area (Å²) in [5, 5.41) is 0. The van der Waals surface area contributed by atoms with Crippen LogP contribution in [-0.4, -0.2) is 0 Å². The number of nitrogens with zero attached hydrogens (tertiary/aromatic N) is 1. The molecular formula is C62H45NS. The Morgan fingerprint density at radius 2 is 0.844 bits per heavy atom. The van der Waals surface area contributed by atoms with Crippen molar-refractivity contribution in [3.05, 3.63) is 270 Å². The zero-order valence-electron chi connectivity index (χ0n) is 35.9. The fourth-order valence-electron chi connectivity index (χ4n) is 11.0. The molecule has 0 spiro atoms. The van der Waals surface area contributed by atoms with Gasteiger partial charge in [0, 0.05) is 37.5 Å². The highest BCUT2D eigenvalue weighted by atomic mass is 32.1. The molecule has 2 aliphatic rings. The Morgan fingerprint density at radius 1 is 0.359 bits per heavy atom. The Bertz CT molecular complexity index is 3290. The van der Waals surface area contributed by atoms with Crippen LogP contribution in [0.3, 0.4) is 0 Å². The summed E-state index contributed by atoms with van der Waals surface area (Å²) in [4.78, 5) is 5.16. The van der Waals surface area contributed by atoms with E-state index in [0.717, 1.165) is 17.1 Å². The van der Waals surface area contributed by atoms with Gasteiger partial charge in [0.05, 0.1) is 16.8 Å². The van der Waals surface area contributed by atoms with Crippen molar-refractivity contribution in [1.82, 2.24) is 0 Å². The van der Waals surface area contributed by atoms with E-state index in [0.29, 0.717) is 0 Å². The highest BCUT2D eigenvalue weighted by molar-refractivity contribution is 7.19. The molecule has 10 aromatic rings. The van der Waals surface area contributed by atoms with Gasteiger partial charge in [-0.3, -0.25) is 0 Å². The minimum atomic E-state index is -0.704. The summed E-state index contributed by atoms with van der Waals surface area (Å²) in [6, 6.07) is 87.8. The maximum absolute atomic E-state index is 2.58. The molecule has 2 aliphatic carbocycles. The van der Waals surface area contributed by atoms with Gasteiger partial charge in [0.1, 0.15) is 0 Å². The van der Waals surface area contributed by atoms with E-state index in [4.69, 9.17) is 0 Å². The Hall–Kier alpha value is -7.52. The van der Waals surface area contributed by atoms with Gasteiger partial charge in [0.25, 0.3) is 0 Å². The fraction of sp³-hybridized carbons (Fsp3) is 0.0645. The van der Waals surface area contributed by atoms with Crippen molar-refractivity contribution < 1.29 is 0 Å². The molecule has 0 amide bonds. The highest BCUT2D eigenvalue weighted by Gasteiger charge is 2.52. The molecule has 64 heavy (non-hydrogen) atoms. The standard InChI is InChI=1S/C62H45NS/c1-61(2)52-36-20-18-34-49(52)50-40-39-47(41-53(50)61)63(54-37-21-19-33-48(54)42-23-8-3-9-24-42)55-38-22-35-51-56-58(60(44-27-12-5-13-28-44)64-59(56)43-25-10-4-11-26-43)62(57(51)55,45-29-14-6-15-30-45)46-31-16-7-17-32-46/h3-41H,1-2H3. The van der Waals surface area contributed by atoms with Crippen LogP contribution >= 0.6 is 11.3 Å². The third kappa shape index (κ3) is 5.69. The first-order valence-corrected chi connectivity index (χ1v) is 23.1. The quantitative estimate of drug-likeness (QED) is 0.147. The summed E-state index contributed by atoms with van der Waals surface area (Å²) in [6.07, 6.45) is 0. The molecule has 0 fully saturated rings. The molecule has 1 heterocycles. The van der Waals surface area contributed by atoms with E-state index < -0.39 is 5.41 Å². The van der Waals surface area contributed by atoms with E-state index in [1.54, 1.807) is 0 Å². The highest BCUT2D eigenvalue weighted by Crippen LogP contribution is 2.66. The molecule has 0 radical (unpaired) electrons. The molecule has 9 aromatic carbocycles. The van der Waals surface area contributed by atoms with E-state index in [9.17, 15) is 0 Å². The predicted octanol–water partition coefficient (Wildman–Crippen LogP) is 16.9. The molecule has 0 saturated carbocycles. The maximum atomic E-state index is 2.58. The molecule has 0 saturated heterocycles. The second kappa shape index (κ2) is 15.1. The monoisotopic (exact) mass is 835 g/mol. The van der Waals surface area contributed by atoms with Gasteiger partial charge >= 0.3 is 0 Å². The van der Waals surface area contributed by atoms with Crippen LogP contribution in [0.25, 0.3) is 54.3 Å².